The Kier molecular flexibility index (Phi) is 7.89. The summed E-state index contributed by atoms with van der Waals surface area (Å²) in [5.41, 5.74) is 1.93. The van der Waals surface area contributed by atoms with E-state index in [-0.39, 0.29) is 29.7 Å². The molecular weight excluding hydrogens is 489 g/mol. The van der Waals surface area contributed by atoms with Crippen molar-refractivity contribution >= 4 is 27.4 Å². The Morgan fingerprint density at radius 3 is 2.54 bits per heavy atom. The highest BCUT2D eigenvalue weighted by molar-refractivity contribution is 7.89. The van der Waals surface area contributed by atoms with Gasteiger partial charge in [-0.2, -0.15) is 4.31 Å². The van der Waals surface area contributed by atoms with Gasteiger partial charge in [0.05, 0.1) is 10.9 Å². The largest absolute Gasteiger partial charge is 0.486 e. The lowest BCUT2D eigenvalue weighted by Crippen LogP contribution is -2.40. The maximum atomic E-state index is 13.2. The molecule has 0 N–H and O–H groups in total. The van der Waals surface area contributed by atoms with Gasteiger partial charge in [-0.3, -0.25) is 4.79 Å². The van der Waals surface area contributed by atoms with Gasteiger partial charge < -0.3 is 4.74 Å². The van der Waals surface area contributed by atoms with E-state index in [1.54, 1.807) is 0 Å². The van der Waals surface area contributed by atoms with Crippen molar-refractivity contribution in [3.8, 4) is 5.75 Å². The number of sulfonamides is 1. The Labute approximate surface area is 210 Å². The van der Waals surface area contributed by atoms with Crippen molar-refractivity contribution in [3.63, 3.8) is 0 Å². The fraction of sp³-hybridized carbons (Fsp3) is 0.296. The third-order valence-electron chi connectivity index (χ3n) is 6.21. The first-order valence-electron chi connectivity index (χ1n) is 11.6. The first-order chi connectivity index (χ1) is 16.7. The lowest BCUT2D eigenvalue weighted by Gasteiger charge is -2.23. The molecule has 35 heavy (non-hydrogen) atoms. The summed E-state index contributed by atoms with van der Waals surface area (Å²) in [6, 6.07) is 19.1. The van der Waals surface area contributed by atoms with E-state index in [1.807, 2.05) is 55.5 Å². The average Bonchev–Trinajstić information content (AvgIpc) is 3.35. The number of ketones is 1. The number of rotatable bonds is 9. The molecule has 1 saturated heterocycles. The van der Waals surface area contributed by atoms with E-state index in [0.717, 1.165) is 23.3 Å². The van der Waals surface area contributed by atoms with E-state index in [2.05, 4.69) is 0 Å². The molecule has 5 nitrogen and oxygen atoms in total. The van der Waals surface area contributed by atoms with Gasteiger partial charge in [0.1, 0.15) is 17.7 Å². The van der Waals surface area contributed by atoms with Gasteiger partial charge in [-0.25, -0.2) is 12.8 Å². The fourth-order valence-corrected chi connectivity index (χ4v) is 6.11. The van der Waals surface area contributed by atoms with Gasteiger partial charge in [-0.1, -0.05) is 35.9 Å². The highest BCUT2D eigenvalue weighted by Gasteiger charge is 2.38. The van der Waals surface area contributed by atoms with Crippen LogP contribution in [0.25, 0.3) is 0 Å². The van der Waals surface area contributed by atoms with Crippen LogP contribution in [0.4, 0.5) is 4.39 Å². The maximum absolute atomic E-state index is 13.2. The second kappa shape index (κ2) is 10.9. The SMILES string of the molecule is C[C@H](Oc1cccc(CCC(=O)[C@@H]2CCCN2S(=O)(=O)c2ccc(F)cc2)c1)c1ccc(Cl)cc1. The predicted molar refractivity (Wildman–Crippen MR) is 134 cm³/mol. The molecule has 8 heteroatoms. The second-order valence-electron chi connectivity index (χ2n) is 8.65. The number of hydrogen-bond donors (Lipinski definition) is 0. The highest BCUT2D eigenvalue weighted by Crippen LogP contribution is 2.28. The number of aryl methyl sites for hydroxylation is 1. The third-order valence-corrected chi connectivity index (χ3v) is 8.38. The maximum Gasteiger partial charge on any atom is 0.243 e. The molecule has 1 aliphatic heterocycles. The van der Waals surface area contributed by atoms with Crippen LogP contribution in [0.5, 0.6) is 5.75 Å². The van der Waals surface area contributed by atoms with E-state index >= 15 is 0 Å². The van der Waals surface area contributed by atoms with Crippen molar-refractivity contribution in [1.82, 2.24) is 4.31 Å². The van der Waals surface area contributed by atoms with Gasteiger partial charge >= 0.3 is 0 Å². The minimum Gasteiger partial charge on any atom is -0.486 e. The Morgan fingerprint density at radius 2 is 1.83 bits per heavy atom. The topological polar surface area (TPSA) is 63.7 Å². The number of benzene rings is 3. The van der Waals surface area contributed by atoms with Crippen LogP contribution in [0.2, 0.25) is 5.02 Å². The minimum atomic E-state index is -3.86. The summed E-state index contributed by atoms with van der Waals surface area (Å²) < 4.78 is 46.7. The van der Waals surface area contributed by atoms with Crippen LogP contribution >= 0.6 is 11.6 Å². The number of halogens is 2. The Bertz CT molecular complexity index is 1280. The standard InChI is InChI=1S/C27H27ClFNO4S/c1-19(21-8-10-22(28)11-9-21)34-24-5-2-4-20(18-24)7-16-27(31)26-6-3-17-30(26)35(32,33)25-14-12-23(29)13-15-25/h2,4-5,8-15,18-19,26H,3,6-7,16-17H2,1H3/t19-,26-/m0/s1. The molecule has 1 heterocycles. The molecule has 184 valence electrons. The van der Waals surface area contributed by atoms with Crippen LogP contribution in [0.15, 0.2) is 77.7 Å². The van der Waals surface area contributed by atoms with Crippen LogP contribution in [0.1, 0.15) is 43.4 Å². The van der Waals surface area contributed by atoms with Gasteiger partial charge in [-0.15, -0.1) is 0 Å². The molecule has 1 fully saturated rings. The first-order valence-corrected chi connectivity index (χ1v) is 13.4. The highest BCUT2D eigenvalue weighted by atomic mass is 35.5. The van der Waals surface area contributed by atoms with E-state index < -0.39 is 21.9 Å². The van der Waals surface area contributed by atoms with Gasteiger partial charge in [0.2, 0.25) is 10.0 Å². The predicted octanol–water partition coefficient (Wildman–Crippen LogP) is 5.97. The van der Waals surface area contributed by atoms with Crippen LogP contribution in [0.3, 0.4) is 0 Å². The number of carbonyl (C=O) groups excluding carboxylic acids is 1. The summed E-state index contributed by atoms with van der Waals surface area (Å²) >= 11 is 5.96. The normalized spacial score (nSPS) is 17.3. The number of nitrogens with zero attached hydrogens (tertiary/aromatic N) is 1. The molecule has 0 spiro atoms. The van der Waals surface area contributed by atoms with Gasteiger partial charge in [-0.05, 0) is 85.8 Å². The number of ether oxygens (including phenoxy) is 1. The molecule has 0 aromatic heterocycles. The summed E-state index contributed by atoms with van der Waals surface area (Å²) in [4.78, 5) is 13.0. The van der Waals surface area contributed by atoms with E-state index in [0.29, 0.717) is 30.0 Å². The van der Waals surface area contributed by atoms with Gasteiger partial charge in [0, 0.05) is 18.0 Å². The molecule has 0 radical (unpaired) electrons. The van der Waals surface area contributed by atoms with Crippen molar-refractivity contribution < 1.29 is 22.3 Å². The Hall–Kier alpha value is -2.74. The summed E-state index contributed by atoms with van der Waals surface area (Å²) in [5, 5.41) is 0.666. The van der Waals surface area contributed by atoms with Crippen LogP contribution in [0, 0.1) is 5.82 Å². The average molecular weight is 516 g/mol. The lowest BCUT2D eigenvalue weighted by molar-refractivity contribution is -0.122. The molecule has 3 aromatic carbocycles. The monoisotopic (exact) mass is 515 g/mol. The summed E-state index contributed by atoms with van der Waals surface area (Å²) in [7, 11) is -3.86. The van der Waals surface area contributed by atoms with Crippen LogP contribution in [-0.2, 0) is 21.2 Å². The van der Waals surface area contributed by atoms with Crippen molar-refractivity contribution in [2.45, 2.75) is 49.6 Å². The molecule has 3 aromatic rings. The third kappa shape index (κ3) is 6.10. The quantitative estimate of drug-likeness (QED) is 0.352. The molecule has 0 unspecified atom stereocenters. The molecule has 4 rings (SSSR count). The molecule has 1 aliphatic rings. The van der Waals surface area contributed by atoms with Crippen molar-refractivity contribution in [2.24, 2.45) is 0 Å². The second-order valence-corrected chi connectivity index (χ2v) is 11.0. The summed E-state index contributed by atoms with van der Waals surface area (Å²) in [5.74, 6) is 0.0691. The summed E-state index contributed by atoms with van der Waals surface area (Å²) in [6.45, 7) is 2.23. The first kappa shape index (κ1) is 25.4. The Morgan fingerprint density at radius 1 is 1.11 bits per heavy atom. The van der Waals surface area contributed by atoms with E-state index in [9.17, 15) is 17.6 Å². The Balaban J connectivity index is 1.39. The van der Waals surface area contributed by atoms with Crippen molar-refractivity contribution in [2.75, 3.05) is 6.54 Å². The van der Waals surface area contributed by atoms with Crippen LogP contribution in [-0.4, -0.2) is 31.1 Å². The van der Waals surface area contributed by atoms with E-state index in [4.69, 9.17) is 16.3 Å². The van der Waals surface area contributed by atoms with Crippen LogP contribution < -0.4 is 4.74 Å². The van der Waals surface area contributed by atoms with Crippen molar-refractivity contribution in [1.29, 1.82) is 0 Å². The number of Topliss-reactive ketones (excluding diaryl/α,β-unsaturated/α-hetero) is 1. The molecule has 0 saturated carbocycles. The van der Waals surface area contributed by atoms with Gasteiger partial charge in [0.15, 0.2) is 5.78 Å². The van der Waals surface area contributed by atoms with Gasteiger partial charge in [0.25, 0.3) is 0 Å². The minimum absolute atomic E-state index is 0.00161. The summed E-state index contributed by atoms with van der Waals surface area (Å²) in [6.07, 6.45) is 1.62. The lowest BCUT2D eigenvalue weighted by atomic mass is 10.0. The molecule has 0 aliphatic carbocycles. The zero-order valence-corrected chi connectivity index (χ0v) is 20.9. The zero-order valence-electron chi connectivity index (χ0n) is 19.4. The smallest absolute Gasteiger partial charge is 0.243 e. The fourth-order valence-electron chi connectivity index (χ4n) is 4.31. The molecular formula is C27H27ClFNO4S. The van der Waals surface area contributed by atoms with E-state index in [1.165, 1.54) is 16.4 Å². The molecule has 2 atom stereocenters. The molecule has 0 amide bonds. The number of carbonyl (C=O) groups is 1. The molecule has 0 bridgehead atoms. The van der Waals surface area contributed by atoms with Crippen molar-refractivity contribution in [3.05, 3.63) is 94.8 Å². The number of hydrogen-bond acceptors (Lipinski definition) is 4. The zero-order chi connectivity index (χ0) is 25.0.